The number of unbranched alkanes of at least 4 members (excludes halogenated alkanes) is 3. The van der Waals surface area contributed by atoms with Gasteiger partial charge in [0.2, 0.25) is 9.84 Å². The van der Waals surface area contributed by atoms with Gasteiger partial charge in [0.25, 0.3) is 6.98 Å². The lowest BCUT2D eigenvalue weighted by molar-refractivity contribution is 0.527. The van der Waals surface area contributed by atoms with E-state index in [-0.39, 0.29) is 9.84 Å². The van der Waals surface area contributed by atoms with Gasteiger partial charge in [-0.2, -0.15) is 0 Å². The Hall–Kier alpha value is -0.653. The molecule has 1 aromatic rings. The van der Waals surface area contributed by atoms with Crippen LogP contribution in [0.4, 0.5) is 5.82 Å². The van der Waals surface area contributed by atoms with Crippen LogP contribution >= 0.6 is 0 Å². The Kier molecular flexibility index (Phi) is 5.81. The Morgan fingerprint density at radius 3 is 2.65 bits per heavy atom. The first-order valence-electron chi connectivity index (χ1n) is 7.89. The zero-order chi connectivity index (χ0) is 14.5. The van der Waals surface area contributed by atoms with Crippen molar-refractivity contribution in [2.75, 3.05) is 18.1 Å². The smallest absolute Gasteiger partial charge is 0.322 e. The minimum atomic E-state index is 0.159. The molecule has 7 heteroatoms. The van der Waals surface area contributed by atoms with E-state index in [0.29, 0.717) is 14.0 Å². The zero-order valence-corrected chi connectivity index (χ0v) is 14.5. The van der Waals surface area contributed by atoms with Crippen LogP contribution < -0.4 is 4.48 Å². The number of aromatic nitrogens is 1. The fourth-order valence-electron chi connectivity index (χ4n) is 2.93. The van der Waals surface area contributed by atoms with Gasteiger partial charge < -0.3 is 18.7 Å². The minimum absolute atomic E-state index is 0.159. The van der Waals surface area contributed by atoms with Crippen molar-refractivity contribution < 1.29 is 0 Å². The number of nitrogens with one attached hydrogen (secondary N) is 1. The van der Waals surface area contributed by atoms with Crippen molar-refractivity contribution in [3.63, 3.8) is 0 Å². The van der Waals surface area contributed by atoms with Crippen molar-refractivity contribution in [2.24, 2.45) is 0 Å². The third-order valence-electron chi connectivity index (χ3n) is 4.39. The van der Waals surface area contributed by atoms with Gasteiger partial charge in [0.15, 0.2) is 0 Å². The minimum Gasteiger partial charge on any atom is -0.407 e. The molecule has 1 N–H and O–H groups in total. The molecule has 1 fully saturated rings. The summed E-state index contributed by atoms with van der Waals surface area (Å²) in [6.07, 6.45) is 7.35. The molecule has 1 radical (unpaired) electrons. The van der Waals surface area contributed by atoms with Crippen LogP contribution in [0.3, 0.4) is 0 Å². The van der Waals surface area contributed by atoms with Crippen molar-refractivity contribution in [2.45, 2.75) is 46.3 Å². The third-order valence-corrected chi connectivity index (χ3v) is 6.14. The first-order chi connectivity index (χ1) is 9.65. The summed E-state index contributed by atoms with van der Waals surface area (Å²) in [5, 5.41) is 0. The summed E-state index contributed by atoms with van der Waals surface area (Å²) >= 11 is 0. The fourth-order valence-corrected chi connectivity index (χ4v) is 4.34. The topological polar surface area (TPSA) is 25.5 Å². The third kappa shape index (κ3) is 3.51. The first kappa shape index (κ1) is 15.7. The van der Waals surface area contributed by atoms with E-state index < -0.39 is 0 Å². The van der Waals surface area contributed by atoms with Crippen LogP contribution in [0.25, 0.3) is 0 Å². The van der Waals surface area contributed by atoms with Gasteiger partial charge in [0.05, 0.1) is 5.82 Å². The number of H-pyrrole nitrogens is 1. The molecule has 20 heavy (non-hydrogen) atoms. The number of anilines is 1. The molecule has 0 unspecified atom stereocenters. The van der Waals surface area contributed by atoms with Crippen molar-refractivity contribution in [1.29, 1.82) is 0 Å². The largest absolute Gasteiger partial charge is 0.407 e. The van der Waals surface area contributed by atoms with Crippen LogP contribution in [0.15, 0.2) is 18.3 Å². The molecule has 0 saturated carbocycles. The van der Waals surface area contributed by atoms with Crippen LogP contribution in [0.5, 0.6) is 0 Å². The van der Waals surface area contributed by atoms with Gasteiger partial charge >= 0.3 is 6.98 Å². The highest BCUT2D eigenvalue weighted by Gasteiger charge is 2.39. The molecule has 0 aliphatic carbocycles. The van der Waals surface area contributed by atoms with E-state index in [1.54, 1.807) is 0 Å². The standard InChI is InChI=1S/C13H27B2N4Si/c1-5-6-7-8-12-18-14(2)17(4)20-19(15(18)3)13-10-9-11-16-13/h9-11,16,20H,5-8,12H2,1-4H3. The van der Waals surface area contributed by atoms with Crippen LogP contribution in [-0.4, -0.2) is 51.6 Å². The lowest BCUT2D eigenvalue weighted by atomic mass is 9.61. The second-order valence-electron chi connectivity index (χ2n) is 5.81. The molecule has 0 spiro atoms. The van der Waals surface area contributed by atoms with Gasteiger partial charge in [-0.25, -0.2) is 0 Å². The van der Waals surface area contributed by atoms with Gasteiger partial charge in [0, 0.05) is 6.20 Å². The lowest BCUT2D eigenvalue weighted by Crippen LogP contribution is -2.70. The number of hydrogen-bond donors (Lipinski definition) is 1. The van der Waals surface area contributed by atoms with E-state index in [1.165, 1.54) is 38.0 Å². The summed E-state index contributed by atoms with van der Waals surface area (Å²) in [5.41, 5.74) is 0. The molecule has 1 aliphatic heterocycles. The van der Waals surface area contributed by atoms with E-state index in [2.05, 4.69) is 58.4 Å². The number of rotatable bonds is 6. The van der Waals surface area contributed by atoms with Crippen LogP contribution in [-0.2, 0) is 0 Å². The molecular formula is C13H27B2N4Si. The summed E-state index contributed by atoms with van der Waals surface area (Å²) < 4.78 is 7.66. The summed E-state index contributed by atoms with van der Waals surface area (Å²) in [7, 11) is 2.41. The highest BCUT2D eigenvalue weighted by molar-refractivity contribution is 6.86. The summed E-state index contributed by atoms with van der Waals surface area (Å²) in [4.78, 5) is 3.36. The van der Waals surface area contributed by atoms with Crippen molar-refractivity contribution >= 4 is 29.6 Å². The first-order valence-corrected chi connectivity index (χ1v) is 8.92. The molecule has 4 nitrogen and oxygen atoms in total. The second-order valence-corrected chi connectivity index (χ2v) is 7.41. The molecule has 2 heterocycles. The molecule has 2 rings (SSSR count). The second kappa shape index (κ2) is 7.38. The van der Waals surface area contributed by atoms with Gasteiger partial charge in [-0.3, -0.25) is 0 Å². The maximum absolute atomic E-state index is 3.36. The Bertz CT molecular complexity index is 390. The Balaban J connectivity index is 2.00. The zero-order valence-electron chi connectivity index (χ0n) is 13.3. The van der Waals surface area contributed by atoms with Gasteiger partial charge in [-0.1, -0.05) is 39.8 Å². The average Bonchev–Trinajstić information content (AvgIpc) is 2.96. The quantitative estimate of drug-likeness (QED) is 0.642. The average molecular weight is 289 g/mol. The molecule has 0 aromatic carbocycles. The normalized spacial score (nSPS) is 18.1. The summed E-state index contributed by atoms with van der Waals surface area (Å²) in [6.45, 7) is 9.19. The number of aromatic amines is 1. The highest BCUT2D eigenvalue weighted by atomic mass is 28.2. The van der Waals surface area contributed by atoms with Gasteiger partial charge in [-0.05, 0) is 32.1 Å². The van der Waals surface area contributed by atoms with Gasteiger partial charge in [0.1, 0.15) is 0 Å². The maximum atomic E-state index is 3.36. The highest BCUT2D eigenvalue weighted by Crippen LogP contribution is 2.20. The molecule has 0 atom stereocenters. The predicted octanol–water partition coefficient (Wildman–Crippen LogP) is 2.15. The SMILES string of the molecule is CCCCCCN1B(C)N(C)[SiH]N(c2ccc[nH]2)B1C. The molecule has 0 amide bonds. The fraction of sp³-hybridized carbons (Fsp3) is 0.692. The Morgan fingerprint density at radius 1 is 1.20 bits per heavy atom. The van der Waals surface area contributed by atoms with Crippen molar-refractivity contribution in [3.8, 4) is 0 Å². The van der Waals surface area contributed by atoms with E-state index >= 15 is 0 Å². The summed E-state index contributed by atoms with van der Waals surface area (Å²) in [5.74, 6) is 1.25. The van der Waals surface area contributed by atoms with Crippen LogP contribution in [0.1, 0.15) is 32.6 Å². The van der Waals surface area contributed by atoms with E-state index in [4.69, 9.17) is 0 Å². The number of hydrogen-bond acceptors (Lipinski definition) is 3. The van der Waals surface area contributed by atoms with E-state index in [1.807, 2.05) is 6.20 Å². The Morgan fingerprint density at radius 2 is 2.00 bits per heavy atom. The summed E-state index contributed by atoms with van der Waals surface area (Å²) in [6, 6.07) is 4.27. The van der Waals surface area contributed by atoms with Crippen molar-refractivity contribution in [1.82, 2.24) is 14.2 Å². The van der Waals surface area contributed by atoms with E-state index in [0.717, 1.165) is 0 Å². The molecular weight excluding hydrogens is 262 g/mol. The Labute approximate surface area is 127 Å². The maximum Gasteiger partial charge on any atom is 0.322 e. The van der Waals surface area contributed by atoms with E-state index in [9.17, 15) is 0 Å². The molecule has 0 bridgehead atoms. The van der Waals surface area contributed by atoms with Crippen LogP contribution in [0.2, 0.25) is 13.6 Å². The molecule has 1 aliphatic rings. The van der Waals surface area contributed by atoms with Gasteiger partial charge in [-0.15, -0.1) is 0 Å². The monoisotopic (exact) mass is 289 g/mol. The molecule has 1 aromatic heterocycles. The molecule has 109 valence electrons. The van der Waals surface area contributed by atoms with Crippen molar-refractivity contribution in [3.05, 3.63) is 18.3 Å². The van der Waals surface area contributed by atoms with Crippen LogP contribution in [0, 0.1) is 0 Å². The molecule has 1 saturated heterocycles. The lowest BCUT2D eigenvalue weighted by Gasteiger charge is -2.47. The predicted molar refractivity (Wildman–Crippen MR) is 92.3 cm³/mol. The number of nitrogens with zero attached hydrogens (tertiary/aromatic N) is 3.